The Kier molecular flexibility index (Phi) is 7.07. The highest BCUT2D eigenvalue weighted by molar-refractivity contribution is 6.46. The number of aliphatic carboxylic acids is 1. The van der Waals surface area contributed by atoms with Crippen LogP contribution in [0.2, 0.25) is 0 Å². The lowest BCUT2D eigenvalue weighted by atomic mass is 9.95. The van der Waals surface area contributed by atoms with Crippen LogP contribution in [0.25, 0.3) is 5.76 Å². The number of carbonyl (C=O) groups excluding carboxylic acids is 2. The average Bonchev–Trinajstić information content (AvgIpc) is 3.03. The highest BCUT2D eigenvalue weighted by Crippen LogP contribution is 2.40. The number of aromatic hydroxyl groups is 1. The Morgan fingerprint density at radius 2 is 1.61 bits per heavy atom. The van der Waals surface area contributed by atoms with Crippen LogP contribution in [0.1, 0.15) is 42.9 Å². The molecule has 3 rings (SSSR count). The Morgan fingerprint density at radius 1 is 0.970 bits per heavy atom. The predicted octanol–water partition coefficient (Wildman–Crippen LogP) is 3.37. The lowest BCUT2D eigenvalue weighted by molar-refractivity contribution is -0.384. The van der Waals surface area contributed by atoms with Crippen LogP contribution in [0.15, 0.2) is 54.1 Å². The molecule has 0 bridgehead atoms. The van der Waals surface area contributed by atoms with E-state index in [1.54, 1.807) is 0 Å². The highest BCUT2D eigenvalue weighted by Gasteiger charge is 2.45. The number of phenols is 1. The van der Waals surface area contributed by atoms with Gasteiger partial charge in [-0.3, -0.25) is 24.5 Å². The second kappa shape index (κ2) is 9.94. The standard InChI is InChI=1S/C23H22N2O8/c26-17-11-7-14(8-12-17)20-19(21(29)15-5-9-16(10-6-15)25(32)33)22(30)23(31)24(20)13-3-1-2-4-18(27)28/h5-12,20,26,29H,1-4,13H2,(H,27,28)/b21-19-. The third kappa shape index (κ3) is 5.17. The van der Waals surface area contributed by atoms with Gasteiger partial charge in [-0.1, -0.05) is 18.6 Å². The van der Waals surface area contributed by atoms with Gasteiger partial charge in [0, 0.05) is 30.7 Å². The van der Waals surface area contributed by atoms with E-state index < -0.39 is 34.4 Å². The molecule has 1 amide bonds. The number of aliphatic hydroxyl groups excluding tert-OH is 1. The van der Waals surface area contributed by atoms with Gasteiger partial charge >= 0.3 is 5.97 Å². The van der Waals surface area contributed by atoms with Gasteiger partial charge in [0.05, 0.1) is 16.5 Å². The molecular weight excluding hydrogens is 432 g/mol. The maximum atomic E-state index is 12.9. The average molecular weight is 454 g/mol. The van der Waals surface area contributed by atoms with E-state index >= 15 is 0 Å². The molecule has 33 heavy (non-hydrogen) atoms. The van der Waals surface area contributed by atoms with E-state index in [4.69, 9.17) is 5.11 Å². The minimum absolute atomic E-state index is 0.000350. The number of carboxylic acids is 1. The summed E-state index contributed by atoms with van der Waals surface area (Å²) < 4.78 is 0. The van der Waals surface area contributed by atoms with Crippen molar-refractivity contribution in [3.63, 3.8) is 0 Å². The molecule has 0 saturated carbocycles. The van der Waals surface area contributed by atoms with E-state index in [1.807, 2.05) is 0 Å². The number of phenolic OH excluding ortho intramolecular Hbond substituents is 1. The smallest absolute Gasteiger partial charge is 0.303 e. The first-order chi connectivity index (χ1) is 15.7. The summed E-state index contributed by atoms with van der Waals surface area (Å²) in [6.45, 7) is 0.160. The summed E-state index contributed by atoms with van der Waals surface area (Å²) in [6, 6.07) is 9.88. The zero-order valence-electron chi connectivity index (χ0n) is 17.5. The largest absolute Gasteiger partial charge is 0.508 e. The molecule has 2 aromatic carbocycles. The number of hydrogen-bond donors (Lipinski definition) is 3. The van der Waals surface area contributed by atoms with Gasteiger partial charge in [-0.25, -0.2) is 0 Å². The minimum Gasteiger partial charge on any atom is -0.508 e. The number of hydrogen-bond acceptors (Lipinski definition) is 7. The molecule has 10 nitrogen and oxygen atoms in total. The van der Waals surface area contributed by atoms with Gasteiger partial charge < -0.3 is 20.2 Å². The molecule has 1 heterocycles. The quantitative estimate of drug-likeness (QED) is 0.130. The summed E-state index contributed by atoms with van der Waals surface area (Å²) in [7, 11) is 0. The highest BCUT2D eigenvalue weighted by atomic mass is 16.6. The fourth-order valence-corrected chi connectivity index (χ4v) is 3.75. The third-order valence-corrected chi connectivity index (χ3v) is 5.39. The Labute approximate surface area is 188 Å². The summed E-state index contributed by atoms with van der Waals surface area (Å²) in [5.41, 5.74) is 0.276. The number of carbonyl (C=O) groups is 3. The molecule has 10 heteroatoms. The molecule has 1 saturated heterocycles. The summed E-state index contributed by atoms with van der Waals surface area (Å²) >= 11 is 0. The van der Waals surface area contributed by atoms with Crippen LogP contribution in [0.4, 0.5) is 5.69 Å². The minimum atomic E-state index is -0.930. The van der Waals surface area contributed by atoms with Crippen molar-refractivity contribution in [1.29, 1.82) is 0 Å². The van der Waals surface area contributed by atoms with Crippen LogP contribution in [-0.4, -0.2) is 49.3 Å². The summed E-state index contributed by atoms with van der Waals surface area (Å²) in [5.74, 6) is -3.10. The molecular formula is C23H22N2O8. The van der Waals surface area contributed by atoms with Crippen molar-refractivity contribution in [2.75, 3.05) is 6.54 Å². The summed E-state index contributed by atoms with van der Waals surface area (Å²) in [6.07, 6.45) is 1.40. The Hall–Kier alpha value is -4.21. The van der Waals surface area contributed by atoms with Crippen molar-refractivity contribution in [2.24, 2.45) is 0 Å². The molecule has 1 atom stereocenters. The van der Waals surface area contributed by atoms with Crippen LogP contribution in [0, 0.1) is 10.1 Å². The molecule has 0 aromatic heterocycles. The zero-order chi connectivity index (χ0) is 24.1. The molecule has 3 N–H and O–H groups in total. The van der Waals surface area contributed by atoms with Crippen molar-refractivity contribution < 1.29 is 34.6 Å². The Morgan fingerprint density at radius 3 is 2.18 bits per heavy atom. The molecule has 0 spiro atoms. The number of aliphatic hydroxyl groups is 1. The number of ketones is 1. The first kappa shape index (κ1) is 23.5. The number of nitrogens with zero attached hydrogens (tertiary/aromatic N) is 2. The van der Waals surface area contributed by atoms with E-state index in [-0.39, 0.29) is 35.5 Å². The van der Waals surface area contributed by atoms with Gasteiger partial charge in [0.15, 0.2) is 0 Å². The van der Waals surface area contributed by atoms with Crippen LogP contribution in [-0.2, 0) is 14.4 Å². The lowest BCUT2D eigenvalue weighted by Gasteiger charge is -2.25. The van der Waals surface area contributed by atoms with Crippen molar-refractivity contribution in [3.05, 3.63) is 75.3 Å². The third-order valence-electron chi connectivity index (χ3n) is 5.39. The van der Waals surface area contributed by atoms with Crippen LogP contribution in [0.5, 0.6) is 5.75 Å². The summed E-state index contributed by atoms with van der Waals surface area (Å²) in [5, 5.41) is 40.2. The lowest BCUT2D eigenvalue weighted by Crippen LogP contribution is -2.30. The van der Waals surface area contributed by atoms with Gasteiger partial charge in [0.2, 0.25) is 0 Å². The second-order valence-electron chi connectivity index (χ2n) is 7.59. The number of likely N-dealkylation sites (tertiary alicyclic amines) is 1. The number of non-ortho nitro benzene ring substituents is 1. The predicted molar refractivity (Wildman–Crippen MR) is 116 cm³/mol. The number of carboxylic acid groups (broad SMARTS) is 1. The van der Waals surface area contributed by atoms with Crippen LogP contribution >= 0.6 is 0 Å². The van der Waals surface area contributed by atoms with Crippen molar-refractivity contribution in [2.45, 2.75) is 31.7 Å². The molecule has 1 unspecified atom stereocenters. The number of unbranched alkanes of at least 4 members (excludes halogenated alkanes) is 2. The fraction of sp³-hybridized carbons (Fsp3) is 0.261. The Balaban J connectivity index is 1.97. The van der Waals surface area contributed by atoms with Gasteiger partial charge in [0.1, 0.15) is 11.5 Å². The second-order valence-corrected chi connectivity index (χ2v) is 7.59. The van der Waals surface area contributed by atoms with Gasteiger partial charge in [-0.2, -0.15) is 0 Å². The fourth-order valence-electron chi connectivity index (χ4n) is 3.75. The molecule has 2 aromatic rings. The van der Waals surface area contributed by atoms with E-state index in [0.717, 1.165) is 0 Å². The number of amides is 1. The van der Waals surface area contributed by atoms with Crippen LogP contribution < -0.4 is 0 Å². The molecule has 1 aliphatic heterocycles. The van der Waals surface area contributed by atoms with Gasteiger partial charge in [-0.05, 0) is 42.7 Å². The SMILES string of the molecule is O=C(O)CCCCCN1C(=O)C(=O)/C(=C(\O)c2ccc([N+](=O)[O-])cc2)C1c1ccc(O)cc1. The molecule has 0 aliphatic carbocycles. The maximum absolute atomic E-state index is 12.9. The first-order valence-electron chi connectivity index (χ1n) is 10.2. The van der Waals surface area contributed by atoms with E-state index in [9.17, 15) is 34.7 Å². The van der Waals surface area contributed by atoms with Crippen LogP contribution in [0.3, 0.4) is 0 Å². The molecule has 1 fully saturated rings. The number of benzene rings is 2. The van der Waals surface area contributed by atoms with Crippen molar-refractivity contribution in [3.8, 4) is 5.75 Å². The van der Waals surface area contributed by atoms with E-state index in [0.29, 0.717) is 24.8 Å². The van der Waals surface area contributed by atoms with Crippen molar-refractivity contribution >= 4 is 29.1 Å². The van der Waals surface area contributed by atoms with Crippen molar-refractivity contribution in [1.82, 2.24) is 4.90 Å². The normalized spacial score (nSPS) is 17.3. The number of nitro groups is 1. The van der Waals surface area contributed by atoms with Gasteiger partial charge in [-0.15, -0.1) is 0 Å². The monoisotopic (exact) mass is 454 g/mol. The number of nitro benzene ring substituents is 1. The summed E-state index contributed by atoms with van der Waals surface area (Å²) in [4.78, 5) is 48.0. The van der Waals surface area contributed by atoms with E-state index in [2.05, 4.69) is 0 Å². The van der Waals surface area contributed by atoms with Gasteiger partial charge in [0.25, 0.3) is 17.4 Å². The molecule has 0 radical (unpaired) electrons. The molecule has 1 aliphatic rings. The first-order valence-corrected chi connectivity index (χ1v) is 10.2. The number of rotatable bonds is 9. The number of Topliss-reactive ketones (excluding diaryl/α,β-unsaturated/α-hetero) is 1. The molecule has 172 valence electrons. The topological polar surface area (TPSA) is 158 Å². The van der Waals surface area contributed by atoms with E-state index in [1.165, 1.54) is 53.4 Å². The zero-order valence-corrected chi connectivity index (χ0v) is 17.5. The maximum Gasteiger partial charge on any atom is 0.303 e. The Bertz CT molecular complexity index is 1110.